The molecule has 5 nitrogen and oxygen atoms in total. The van der Waals surface area contributed by atoms with Crippen molar-refractivity contribution in [2.45, 2.75) is 50.5 Å². The summed E-state index contributed by atoms with van der Waals surface area (Å²) >= 11 is 0. The zero-order valence-corrected chi connectivity index (χ0v) is 16.7. The van der Waals surface area contributed by atoms with Gasteiger partial charge in [-0.05, 0) is 73.5 Å². The van der Waals surface area contributed by atoms with Crippen molar-refractivity contribution >= 4 is 16.9 Å². The summed E-state index contributed by atoms with van der Waals surface area (Å²) in [6, 6.07) is 11.5. The van der Waals surface area contributed by atoms with E-state index in [2.05, 4.69) is 50.6 Å². The van der Waals surface area contributed by atoms with E-state index >= 15 is 0 Å². The molecule has 2 N–H and O–H groups in total. The number of H-pyrrole nitrogens is 1. The highest BCUT2D eigenvalue weighted by Gasteiger charge is 2.36. The third-order valence-corrected chi connectivity index (χ3v) is 7.19. The van der Waals surface area contributed by atoms with Crippen molar-refractivity contribution in [2.24, 2.45) is 11.8 Å². The summed E-state index contributed by atoms with van der Waals surface area (Å²) in [5.74, 6) is 2.97. The van der Waals surface area contributed by atoms with Crippen molar-refractivity contribution < 1.29 is 4.74 Å². The molecule has 1 saturated heterocycles. The third kappa shape index (κ3) is 3.21. The molecule has 2 aliphatic carbocycles. The Morgan fingerprint density at radius 2 is 1.86 bits per heavy atom. The van der Waals surface area contributed by atoms with Gasteiger partial charge in [0.05, 0.1) is 11.4 Å². The van der Waals surface area contributed by atoms with Gasteiger partial charge in [0.15, 0.2) is 0 Å². The fourth-order valence-electron chi connectivity index (χ4n) is 5.46. The summed E-state index contributed by atoms with van der Waals surface area (Å²) in [5.41, 5.74) is 5.19. The van der Waals surface area contributed by atoms with Crippen LogP contribution in [0.3, 0.4) is 0 Å². The molecule has 2 atom stereocenters. The van der Waals surface area contributed by atoms with Crippen LogP contribution in [0.15, 0.2) is 36.7 Å². The molecular formula is C24H28N4O. The minimum Gasteiger partial charge on any atom is -0.381 e. The number of aryl methyl sites for hydroxylation is 1. The number of aromatic amines is 1. The Morgan fingerprint density at radius 1 is 1.00 bits per heavy atom. The van der Waals surface area contributed by atoms with Crippen LogP contribution in [0.1, 0.15) is 60.9 Å². The molecule has 3 aromatic rings. The number of ether oxygens (including phenoxy) is 1. The lowest BCUT2D eigenvalue weighted by molar-refractivity contribution is 0.0397. The monoisotopic (exact) mass is 388 g/mol. The Morgan fingerprint density at radius 3 is 2.72 bits per heavy atom. The number of benzene rings is 1. The largest absolute Gasteiger partial charge is 0.381 e. The van der Waals surface area contributed by atoms with Crippen molar-refractivity contribution in [3.05, 3.63) is 53.5 Å². The van der Waals surface area contributed by atoms with E-state index in [0.29, 0.717) is 23.8 Å². The molecule has 0 bridgehead atoms. The van der Waals surface area contributed by atoms with E-state index in [4.69, 9.17) is 4.74 Å². The van der Waals surface area contributed by atoms with Gasteiger partial charge in [-0.3, -0.25) is 0 Å². The Kier molecular flexibility index (Phi) is 4.29. The number of nitrogens with zero attached hydrogens (tertiary/aromatic N) is 2. The number of nitrogens with one attached hydrogen (secondary N) is 2. The molecule has 1 saturated carbocycles. The summed E-state index contributed by atoms with van der Waals surface area (Å²) in [6.07, 6.45) is 8.99. The molecule has 5 heteroatoms. The second-order valence-corrected chi connectivity index (χ2v) is 8.96. The molecule has 150 valence electrons. The Labute approximate surface area is 171 Å². The average Bonchev–Trinajstić information content (AvgIpc) is 3.53. The SMILES string of the molecule is c1ccc2c(c1)CCC(C1CCOCC1)C2Nc1ncnc2[nH]c(C3CC3)cc12. The Balaban J connectivity index is 1.38. The minimum atomic E-state index is 0.292. The van der Waals surface area contributed by atoms with Gasteiger partial charge < -0.3 is 15.0 Å². The lowest BCUT2D eigenvalue weighted by Crippen LogP contribution is -2.35. The Hall–Kier alpha value is -2.40. The first kappa shape index (κ1) is 17.5. The Bertz CT molecular complexity index is 1020. The van der Waals surface area contributed by atoms with Crippen LogP contribution in [0.25, 0.3) is 11.0 Å². The quantitative estimate of drug-likeness (QED) is 0.662. The van der Waals surface area contributed by atoms with Gasteiger partial charge in [-0.25, -0.2) is 9.97 Å². The highest BCUT2D eigenvalue weighted by atomic mass is 16.5. The second-order valence-electron chi connectivity index (χ2n) is 8.96. The zero-order valence-electron chi connectivity index (χ0n) is 16.7. The van der Waals surface area contributed by atoms with Crippen LogP contribution in [0.2, 0.25) is 0 Å². The molecule has 2 fully saturated rings. The molecule has 3 heterocycles. The zero-order chi connectivity index (χ0) is 19.2. The highest BCUT2D eigenvalue weighted by Crippen LogP contribution is 2.45. The maximum atomic E-state index is 5.66. The summed E-state index contributed by atoms with van der Waals surface area (Å²) < 4.78 is 5.66. The van der Waals surface area contributed by atoms with Crippen molar-refractivity contribution in [3.63, 3.8) is 0 Å². The normalized spacial score (nSPS) is 25.1. The van der Waals surface area contributed by atoms with Crippen LogP contribution < -0.4 is 5.32 Å². The van der Waals surface area contributed by atoms with E-state index in [1.54, 1.807) is 6.33 Å². The van der Waals surface area contributed by atoms with Crippen molar-refractivity contribution in [3.8, 4) is 0 Å². The molecular weight excluding hydrogens is 360 g/mol. The van der Waals surface area contributed by atoms with Crippen molar-refractivity contribution in [2.75, 3.05) is 18.5 Å². The predicted molar refractivity (Wildman–Crippen MR) is 114 cm³/mol. The van der Waals surface area contributed by atoms with Crippen LogP contribution >= 0.6 is 0 Å². The molecule has 0 amide bonds. The number of rotatable bonds is 4. The number of hydrogen-bond donors (Lipinski definition) is 2. The highest BCUT2D eigenvalue weighted by molar-refractivity contribution is 5.88. The number of aromatic nitrogens is 3. The van der Waals surface area contributed by atoms with Gasteiger partial charge in [-0.2, -0.15) is 0 Å². The molecule has 1 aliphatic heterocycles. The predicted octanol–water partition coefficient (Wildman–Crippen LogP) is 4.98. The fraction of sp³-hybridized carbons (Fsp3) is 0.500. The van der Waals surface area contributed by atoms with Crippen molar-refractivity contribution in [1.82, 2.24) is 15.0 Å². The molecule has 29 heavy (non-hydrogen) atoms. The first-order valence-corrected chi connectivity index (χ1v) is 11.1. The molecule has 0 radical (unpaired) electrons. The summed E-state index contributed by atoms with van der Waals surface area (Å²) in [4.78, 5) is 12.7. The standard InChI is InChI=1S/C24H28N4O/c1-2-4-18-15(3-1)7-8-19(16-9-11-29-12-10-16)22(18)28-24-20-13-21(17-5-6-17)27-23(20)25-14-26-24/h1-4,13-14,16-17,19,22H,5-12H2,(H2,25,26,27,28). The van der Waals surface area contributed by atoms with Crippen LogP contribution in [0.4, 0.5) is 5.82 Å². The summed E-state index contributed by atoms with van der Waals surface area (Å²) in [5, 5.41) is 5.02. The van der Waals surface area contributed by atoms with E-state index in [1.807, 2.05) is 0 Å². The smallest absolute Gasteiger partial charge is 0.143 e. The lowest BCUT2D eigenvalue weighted by Gasteiger charge is -2.40. The maximum absolute atomic E-state index is 5.66. The second kappa shape index (κ2) is 7.13. The summed E-state index contributed by atoms with van der Waals surface area (Å²) in [6.45, 7) is 1.80. The van der Waals surface area contributed by atoms with Gasteiger partial charge in [0.25, 0.3) is 0 Å². The third-order valence-electron chi connectivity index (χ3n) is 7.19. The van der Waals surface area contributed by atoms with Crippen LogP contribution in [-0.2, 0) is 11.2 Å². The topological polar surface area (TPSA) is 62.8 Å². The van der Waals surface area contributed by atoms with E-state index in [0.717, 1.165) is 30.1 Å². The van der Waals surface area contributed by atoms with Gasteiger partial charge >= 0.3 is 0 Å². The van der Waals surface area contributed by atoms with Gasteiger partial charge in [0.2, 0.25) is 0 Å². The number of anilines is 1. The molecule has 0 spiro atoms. The first-order valence-electron chi connectivity index (χ1n) is 11.1. The molecule has 1 aromatic carbocycles. The molecule has 2 aromatic heterocycles. The van der Waals surface area contributed by atoms with E-state index in [-0.39, 0.29) is 0 Å². The van der Waals surface area contributed by atoms with Gasteiger partial charge in [-0.1, -0.05) is 24.3 Å². The van der Waals surface area contributed by atoms with Crippen LogP contribution in [0, 0.1) is 11.8 Å². The van der Waals surface area contributed by atoms with Crippen molar-refractivity contribution in [1.29, 1.82) is 0 Å². The number of fused-ring (bicyclic) bond motifs is 2. The fourth-order valence-corrected chi connectivity index (χ4v) is 5.46. The van der Waals surface area contributed by atoms with Crippen LogP contribution in [-0.4, -0.2) is 28.2 Å². The van der Waals surface area contributed by atoms with Gasteiger partial charge in [0.1, 0.15) is 17.8 Å². The van der Waals surface area contributed by atoms with E-state index in [9.17, 15) is 0 Å². The van der Waals surface area contributed by atoms with Gasteiger partial charge in [-0.15, -0.1) is 0 Å². The molecule has 3 aliphatic rings. The van der Waals surface area contributed by atoms with Crippen LogP contribution in [0.5, 0.6) is 0 Å². The average molecular weight is 389 g/mol. The molecule has 2 unspecified atom stereocenters. The van der Waals surface area contributed by atoms with E-state index in [1.165, 1.54) is 55.3 Å². The maximum Gasteiger partial charge on any atom is 0.143 e. The lowest BCUT2D eigenvalue weighted by atomic mass is 9.71. The summed E-state index contributed by atoms with van der Waals surface area (Å²) in [7, 11) is 0. The number of hydrogen-bond acceptors (Lipinski definition) is 4. The van der Waals surface area contributed by atoms with Gasteiger partial charge in [0, 0.05) is 18.9 Å². The minimum absolute atomic E-state index is 0.292. The molecule has 6 rings (SSSR count). The van der Waals surface area contributed by atoms with E-state index < -0.39 is 0 Å². The first-order chi connectivity index (χ1) is 14.4.